The van der Waals surface area contributed by atoms with E-state index in [-0.39, 0.29) is 11.9 Å². The zero-order valence-corrected chi connectivity index (χ0v) is 16.4. The van der Waals surface area contributed by atoms with E-state index in [1.807, 2.05) is 26.0 Å². The number of para-hydroxylation sites is 1. The monoisotopic (exact) mass is 394 g/mol. The average molecular weight is 395 g/mol. The maximum absolute atomic E-state index is 13.2. The maximum Gasteiger partial charge on any atom is 0.258 e. The second-order valence-electron chi connectivity index (χ2n) is 7.36. The number of H-pyrrole nitrogens is 1. The number of pyridine rings is 1. The lowest BCUT2D eigenvalue weighted by molar-refractivity contribution is 0.0933. The van der Waals surface area contributed by atoms with Gasteiger partial charge < -0.3 is 14.8 Å². The molecule has 1 aliphatic rings. The normalized spacial score (nSPS) is 16.5. The molecule has 2 N–H and O–H groups in total. The van der Waals surface area contributed by atoms with Crippen molar-refractivity contribution in [1.29, 1.82) is 0 Å². The summed E-state index contributed by atoms with van der Waals surface area (Å²) in [7, 11) is 0. The molecule has 0 fully saturated rings. The van der Waals surface area contributed by atoms with Gasteiger partial charge in [-0.05, 0) is 50.8 Å². The van der Waals surface area contributed by atoms with E-state index in [9.17, 15) is 4.79 Å². The van der Waals surface area contributed by atoms with Crippen molar-refractivity contribution in [2.75, 3.05) is 0 Å². The zero-order chi connectivity index (χ0) is 19.4. The number of carbonyl (C=O) groups is 1. The molecule has 0 bridgehead atoms. The van der Waals surface area contributed by atoms with Crippen LogP contribution in [0.3, 0.4) is 0 Å². The predicted octanol–water partition coefficient (Wildman–Crippen LogP) is 4.78. The number of hydrogen-bond donors (Lipinski definition) is 2. The number of nitrogens with one attached hydrogen (secondary N) is 2. The van der Waals surface area contributed by atoms with Crippen LogP contribution >= 0.6 is 11.6 Å². The molecule has 5 rings (SSSR count). The smallest absolute Gasteiger partial charge is 0.258 e. The van der Waals surface area contributed by atoms with E-state index in [0.29, 0.717) is 27.4 Å². The van der Waals surface area contributed by atoms with Gasteiger partial charge in [-0.2, -0.15) is 0 Å². The van der Waals surface area contributed by atoms with Gasteiger partial charge in [0.05, 0.1) is 33.2 Å². The maximum atomic E-state index is 13.2. The van der Waals surface area contributed by atoms with Crippen molar-refractivity contribution in [3.8, 4) is 0 Å². The third kappa shape index (κ3) is 2.59. The number of aromatic nitrogens is 3. The summed E-state index contributed by atoms with van der Waals surface area (Å²) in [6.45, 7) is 3.66. The van der Waals surface area contributed by atoms with Gasteiger partial charge in [-0.25, -0.2) is 4.98 Å². The number of benzene rings is 1. The number of rotatable bonds is 2. The largest absolute Gasteiger partial charge is 0.355 e. The van der Waals surface area contributed by atoms with Crippen LogP contribution in [0.2, 0.25) is 5.02 Å². The van der Waals surface area contributed by atoms with Gasteiger partial charge in [0.15, 0.2) is 0 Å². The molecule has 0 saturated heterocycles. The van der Waals surface area contributed by atoms with E-state index in [1.54, 1.807) is 6.07 Å². The summed E-state index contributed by atoms with van der Waals surface area (Å²) < 4.78 is 5.26. The molecule has 3 aromatic heterocycles. The molecule has 1 aliphatic carbocycles. The van der Waals surface area contributed by atoms with Crippen molar-refractivity contribution in [3.63, 3.8) is 0 Å². The molecule has 28 heavy (non-hydrogen) atoms. The Morgan fingerprint density at radius 2 is 2.21 bits per heavy atom. The van der Waals surface area contributed by atoms with Crippen molar-refractivity contribution >= 4 is 39.5 Å². The van der Waals surface area contributed by atoms with E-state index >= 15 is 0 Å². The predicted molar refractivity (Wildman–Crippen MR) is 108 cm³/mol. The van der Waals surface area contributed by atoms with E-state index in [1.165, 1.54) is 5.56 Å². The SMILES string of the molecule is Cc1cc(C(=O)NC2CCCc3c2[nH]c2c(Cl)cccc32)c2c(C)noc2n1. The summed E-state index contributed by atoms with van der Waals surface area (Å²) >= 11 is 6.37. The topological polar surface area (TPSA) is 83.8 Å². The van der Waals surface area contributed by atoms with Crippen LogP contribution in [-0.4, -0.2) is 21.0 Å². The summed E-state index contributed by atoms with van der Waals surface area (Å²) in [4.78, 5) is 21.0. The number of aromatic amines is 1. The third-order valence-electron chi connectivity index (χ3n) is 5.49. The van der Waals surface area contributed by atoms with Gasteiger partial charge in [0.25, 0.3) is 11.6 Å². The molecule has 0 radical (unpaired) electrons. The summed E-state index contributed by atoms with van der Waals surface area (Å²) in [5.41, 5.74) is 5.54. The van der Waals surface area contributed by atoms with Crippen molar-refractivity contribution in [3.05, 3.63) is 57.5 Å². The first-order valence-corrected chi connectivity index (χ1v) is 9.74. The summed E-state index contributed by atoms with van der Waals surface area (Å²) in [5.74, 6) is -0.149. The minimum Gasteiger partial charge on any atom is -0.355 e. The first-order valence-electron chi connectivity index (χ1n) is 9.36. The van der Waals surface area contributed by atoms with Crippen LogP contribution in [-0.2, 0) is 6.42 Å². The second-order valence-corrected chi connectivity index (χ2v) is 7.76. The first kappa shape index (κ1) is 17.3. The minimum atomic E-state index is -0.149. The van der Waals surface area contributed by atoms with E-state index in [4.69, 9.17) is 16.1 Å². The quantitative estimate of drug-likeness (QED) is 0.512. The van der Waals surface area contributed by atoms with Crippen LogP contribution in [0.25, 0.3) is 22.0 Å². The molecule has 3 heterocycles. The fourth-order valence-corrected chi connectivity index (χ4v) is 4.45. The molecule has 4 aromatic rings. The van der Waals surface area contributed by atoms with E-state index < -0.39 is 0 Å². The Morgan fingerprint density at radius 3 is 3.07 bits per heavy atom. The van der Waals surface area contributed by atoms with Crippen LogP contribution in [0.1, 0.15) is 51.9 Å². The van der Waals surface area contributed by atoms with Crippen LogP contribution in [0, 0.1) is 13.8 Å². The van der Waals surface area contributed by atoms with Crippen molar-refractivity contribution in [2.45, 2.75) is 39.2 Å². The Balaban J connectivity index is 1.55. The number of halogens is 1. The number of aryl methyl sites for hydroxylation is 3. The number of carbonyl (C=O) groups excluding carboxylic acids is 1. The van der Waals surface area contributed by atoms with Crippen LogP contribution in [0.5, 0.6) is 0 Å². The Morgan fingerprint density at radius 1 is 1.36 bits per heavy atom. The van der Waals surface area contributed by atoms with Gasteiger partial charge >= 0.3 is 0 Å². The van der Waals surface area contributed by atoms with Crippen molar-refractivity contribution in [2.24, 2.45) is 0 Å². The lowest BCUT2D eigenvalue weighted by Gasteiger charge is -2.24. The van der Waals surface area contributed by atoms with Crippen molar-refractivity contribution < 1.29 is 9.32 Å². The van der Waals surface area contributed by atoms with Gasteiger partial charge in [-0.3, -0.25) is 4.79 Å². The lowest BCUT2D eigenvalue weighted by Crippen LogP contribution is -2.31. The van der Waals surface area contributed by atoms with E-state index in [0.717, 1.165) is 41.6 Å². The zero-order valence-electron chi connectivity index (χ0n) is 15.6. The number of nitrogens with zero attached hydrogens (tertiary/aromatic N) is 2. The van der Waals surface area contributed by atoms with Crippen LogP contribution in [0.4, 0.5) is 0 Å². The average Bonchev–Trinajstić information content (AvgIpc) is 3.24. The van der Waals surface area contributed by atoms with Gasteiger partial charge in [-0.1, -0.05) is 28.9 Å². The third-order valence-corrected chi connectivity index (χ3v) is 5.80. The molecule has 0 spiro atoms. The molecular formula is C21H19ClN4O2. The number of hydrogen-bond acceptors (Lipinski definition) is 4. The molecule has 142 valence electrons. The van der Waals surface area contributed by atoms with Crippen LogP contribution < -0.4 is 5.32 Å². The Bertz CT molecular complexity index is 1240. The molecular weight excluding hydrogens is 376 g/mol. The molecule has 1 atom stereocenters. The van der Waals surface area contributed by atoms with Gasteiger partial charge in [0.2, 0.25) is 0 Å². The minimum absolute atomic E-state index is 0.0941. The second kappa shape index (κ2) is 6.34. The van der Waals surface area contributed by atoms with Gasteiger partial charge in [0, 0.05) is 16.8 Å². The lowest BCUT2D eigenvalue weighted by atomic mass is 9.91. The molecule has 0 saturated carbocycles. The fraction of sp³-hybridized carbons (Fsp3) is 0.286. The number of amides is 1. The van der Waals surface area contributed by atoms with E-state index in [2.05, 4.69) is 26.5 Å². The van der Waals surface area contributed by atoms with Gasteiger partial charge in [-0.15, -0.1) is 0 Å². The fourth-order valence-electron chi connectivity index (χ4n) is 4.23. The molecule has 6 nitrogen and oxygen atoms in total. The highest BCUT2D eigenvalue weighted by molar-refractivity contribution is 6.35. The van der Waals surface area contributed by atoms with Crippen molar-refractivity contribution in [1.82, 2.24) is 20.4 Å². The standard InChI is InChI=1S/C21H19ClN4O2/c1-10-9-14(17-11(2)26-28-21(17)23-10)20(27)24-16-8-4-6-13-12-5-3-7-15(22)18(12)25-19(13)16/h3,5,7,9,16,25H,4,6,8H2,1-2H3,(H,24,27). The van der Waals surface area contributed by atoms with Gasteiger partial charge in [0.1, 0.15) is 0 Å². The highest BCUT2D eigenvalue weighted by Crippen LogP contribution is 2.37. The first-order chi connectivity index (χ1) is 13.5. The Labute approximate surface area is 166 Å². The number of fused-ring (bicyclic) bond motifs is 4. The Hall–Kier alpha value is -2.86. The molecule has 1 aromatic carbocycles. The van der Waals surface area contributed by atoms with Crippen LogP contribution in [0.15, 0.2) is 28.8 Å². The summed E-state index contributed by atoms with van der Waals surface area (Å²) in [6, 6.07) is 7.62. The summed E-state index contributed by atoms with van der Waals surface area (Å²) in [6.07, 6.45) is 2.86. The molecule has 1 amide bonds. The highest BCUT2D eigenvalue weighted by Gasteiger charge is 2.27. The molecule has 0 aliphatic heterocycles. The molecule has 1 unspecified atom stereocenters. The Kier molecular flexibility index (Phi) is 3.91. The molecule has 7 heteroatoms. The highest BCUT2D eigenvalue weighted by atomic mass is 35.5. The summed E-state index contributed by atoms with van der Waals surface area (Å²) in [5, 5.41) is 9.66.